The molecule has 1 amide bonds. The molecule has 2 heterocycles. The van der Waals surface area contributed by atoms with Crippen LogP contribution in [0.2, 0.25) is 4.47 Å². The Labute approximate surface area is 146 Å². The van der Waals surface area contributed by atoms with E-state index in [0.717, 1.165) is 43.8 Å². The van der Waals surface area contributed by atoms with Crippen LogP contribution in [0, 0.1) is 5.92 Å². The van der Waals surface area contributed by atoms with Crippen LogP contribution in [-0.2, 0) is 16.1 Å². The Hall–Kier alpha value is -0.850. The van der Waals surface area contributed by atoms with Crippen molar-refractivity contribution < 1.29 is 14.3 Å². The van der Waals surface area contributed by atoms with Crippen LogP contribution in [-0.4, -0.2) is 41.3 Å². The minimum absolute atomic E-state index is 0.200. The lowest BCUT2D eigenvalue weighted by Gasteiger charge is -2.33. The van der Waals surface area contributed by atoms with Crippen LogP contribution in [0.3, 0.4) is 0 Å². The van der Waals surface area contributed by atoms with Gasteiger partial charge in [0.05, 0.1) is 11.5 Å². The molecule has 0 aromatic carbocycles. The highest BCUT2D eigenvalue weighted by molar-refractivity contribution is 7.15. The lowest BCUT2D eigenvalue weighted by atomic mass is 9.94. The number of hydrogen-bond acceptors (Lipinski definition) is 5. The summed E-state index contributed by atoms with van der Waals surface area (Å²) in [6.07, 6.45) is 4.60. The van der Waals surface area contributed by atoms with Crippen molar-refractivity contribution in [3.05, 3.63) is 15.5 Å². The first-order valence-electron chi connectivity index (χ1n) is 7.99. The molecule has 1 aliphatic heterocycles. The van der Waals surface area contributed by atoms with Crippen molar-refractivity contribution in [2.45, 2.75) is 52.2 Å². The van der Waals surface area contributed by atoms with Crippen molar-refractivity contribution in [2.75, 3.05) is 19.7 Å². The third kappa shape index (κ3) is 6.65. The molecule has 0 atom stereocenters. The van der Waals surface area contributed by atoms with E-state index < -0.39 is 5.60 Å². The molecule has 1 saturated heterocycles. The van der Waals surface area contributed by atoms with Gasteiger partial charge in [0.1, 0.15) is 5.60 Å². The van der Waals surface area contributed by atoms with E-state index in [9.17, 15) is 4.79 Å². The highest BCUT2D eigenvalue weighted by atomic mass is 35.5. The number of aromatic nitrogens is 1. The van der Waals surface area contributed by atoms with E-state index in [4.69, 9.17) is 21.1 Å². The third-order valence-corrected chi connectivity index (χ3v) is 4.79. The minimum Gasteiger partial charge on any atom is -0.444 e. The minimum atomic E-state index is -0.429. The molecule has 1 aliphatic rings. The molecular formula is C16H25ClN2O3S. The topological polar surface area (TPSA) is 51.7 Å². The number of thiazole rings is 1. The first-order chi connectivity index (χ1) is 10.8. The molecule has 0 aliphatic carbocycles. The van der Waals surface area contributed by atoms with E-state index >= 15 is 0 Å². The summed E-state index contributed by atoms with van der Waals surface area (Å²) in [7, 11) is 0. The summed E-state index contributed by atoms with van der Waals surface area (Å²) >= 11 is 7.24. The molecule has 5 nitrogen and oxygen atoms in total. The monoisotopic (exact) mass is 360 g/mol. The van der Waals surface area contributed by atoms with E-state index in [1.54, 1.807) is 6.20 Å². The number of rotatable bonds is 5. The van der Waals surface area contributed by atoms with Gasteiger partial charge in [-0.05, 0) is 46.0 Å². The number of halogens is 1. The lowest BCUT2D eigenvalue weighted by molar-refractivity contribution is 0.0165. The molecule has 2 rings (SSSR count). The summed E-state index contributed by atoms with van der Waals surface area (Å²) in [6.45, 7) is 8.52. The molecule has 1 aromatic rings. The smallest absolute Gasteiger partial charge is 0.410 e. The average molecular weight is 361 g/mol. The van der Waals surface area contributed by atoms with Gasteiger partial charge < -0.3 is 14.4 Å². The van der Waals surface area contributed by atoms with Crippen molar-refractivity contribution in [1.29, 1.82) is 0 Å². The molecule has 0 N–H and O–H groups in total. The number of carbonyl (C=O) groups excluding carboxylic acids is 1. The molecule has 0 unspecified atom stereocenters. The van der Waals surface area contributed by atoms with Gasteiger partial charge in [-0.2, -0.15) is 0 Å². The van der Waals surface area contributed by atoms with Gasteiger partial charge in [0.15, 0.2) is 4.47 Å². The van der Waals surface area contributed by atoms with E-state index in [-0.39, 0.29) is 6.09 Å². The van der Waals surface area contributed by atoms with Gasteiger partial charge in [0.2, 0.25) is 0 Å². The highest BCUT2D eigenvalue weighted by Gasteiger charge is 2.26. The summed E-state index contributed by atoms with van der Waals surface area (Å²) < 4.78 is 11.6. The number of hydrogen-bond donors (Lipinski definition) is 0. The highest BCUT2D eigenvalue weighted by Crippen LogP contribution is 2.23. The van der Waals surface area contributed by atoms with Crippen LogP contribution in [0.25, 0.3) is 0 Å². The molecular weight excluding hydrogens is 336 g/mol. The molecule has 0 spiro atoms. The Morgan fingerprint density at radius 2 is 2.13 bits per heavy atom. The first-order valence-corrected chi connectivity index (χ1v) is 9.19. The summed E-state index contributed by atoms with van der Waals surface area (Å²) in [5, 5.41) is 0. The van der Waals surface area contributed by atoms with Gasteiger partial charge >= 0.3 is 6.09 Å². The largest absolute Gasteiger partial charge is 0.444 e. The molecule has 23 heavy (non-hydrogen) atoms. The fraction of sp³-hybridized carbons (Fsp3) is 0.750. The summed E-state index contributed by atoms with van der Waals surface area (Å²) in [5.74, 6) is 0.610. The molecule has 1 aromatic heterocycles. The van der Waals surface area contributed by atoms with Crippen LogP contribution in [0.4, 0.5) is 4.79 Å². The number of likely N-dealkylation sites (tertiary alicyclic amines) is 1. The lowest BCUT2D eigenvalue weighted by Crippen LogP contribution is -2.41. The Morgan fingerprint density at radius 1 is 1.43 bits per heavy atom. The van der Waals surface area contributed by atoms with Gasteiger partial charge in [-0.3, -0.25) is 0 Å². The maximum atomic E-state index is 12.0. The van der Waals surface area contributed by atoms with Crippen LogP contribution >= 0.6 is 22.9 Å². The van der Waals surface area contributed by atoms with E-state index in [1.165, 1.54) is 11.3 Å². The second-order valence-corrected chi connectivity index (χ2v) is 8.53. The number of amides is 1. The predicted octanol–water partition coefficient (Wildman–Crippen LogP) is 4.35. The standard InChI is InChI=1S/C16H25ClN2O3S/c1-16(2,3)22-15(20)19-7-4-12(5-8-19)6-9-21-11-13-10-18-14(17)23-13/h10,12H,4-9,11H2,1-3H3. The Balaban J connectivity index is 1.60. The fourth-order valence-electron chi connectivity index (χ4n) is 2.50. The van der Waals surface area contributed by atoms with Crippen LogP contribution < -0.4 is 0 Å². The summed E-state index contributed by atoms with van der Waals surface area (Å²) in [6, 6.07) is 0. The fourth-order valence-corrected chi connectivity index (χ4v) is 3.42. The maximum absolute atomic E-state index is 12.0. The summed E-state index contributed by atoms with van der Waals surface area (Å²) in [5.41, 5.74) is -0.429. The molecule has 7 heteroatoms. The van der Waals surface area contributed by atoms with Crippen molar-refractivity contribution in [2.24, 2.45) is 5.92 Å². The SMILES string of the molecule is CC(C)(C)OC(=O)N1CCC(CCOCc2cnc(Cl)s2)CC1. The van der Waals surface area contributed by atoms with Gasteiger partial charge in [0.25, 0.3) is 0 Å². The summed E-state index contributed by atoms with van der Waals surface area (Å²) in [4.78, 5) is 18.9. The van der Waals surface area contributed by atoms with Crippen LogP contribution in [0.15, 0.2) is 6.20 Å². The van der Waals surface area contributed by atoms with E-state index in [1.807, 2.05) is 25.7 Å². The van der Waals surface area contributed by atoms with Gasteiger partial charge in [-0.25, -0.2) is 9.78 Å². The van der Waals surface area contributed by atoms with Gasteiger partial charge in [-0.15, -0.1) is 11.3 Å². The number of carbonyl (C=O) groups is 1. The average Bonchev–Trinajstić information content (AvgIpc) is 2.88. The zero-order valence-electron chi connectivity index (χ0n) is 14.0. The number of ether oxygens (including phenoxy) is 2. The zero-order chi connectivity index (χ0) is 16.9. The second-order valence-electron chi connectivity index (χ2n) is 6.83. The second kappa shape index (κ2) is 8.31. The molecule has 130 valence electrons. The van der Waals surface area contributed by atoms with Gasteiger partial charge in [-0.1, -0.05) is 11.6 Å². The number of piperidine rings is 1. The Morgan fingerprint density at radius 3 is 2.70 bits per heavy atom. The number of nitrogens with zero attached hydrogens (tertiary/aromatic N) is 2. The van der Waals surface area contributed by atoms with E-state index in [2.05, 4.69) is 4.98 Å². The van der Waals surface area contributed by atoms with Crippen LogP contribution in [0.1, 0.15) is 44.9 Å². The van der Waals surface area contributed by atoms with Crippen molar-refractivity contribution in [3.63, 3.8) is 0 Å². The first kappa shape index (κ1) is 18.5. The van der Waals surface area contributed by atoms with Crippen molar-refractivity contribution in [3.8, 4) is 0 Å². The third-order valence-electron chi connectivity index (χ3n) is 3.71. The van der Waals surface area contributed by atoms with E-state index in [0.29, 0.717) is 17.0 Å². The molecule has 0 saturated carbocycles. The predicted molar refractivity (Wildman–Crippen MR) is 91.9 cm³/mol. The molecule has 1 fully saturated rings. The zero-order valence-corrected chi connectivity index (χ0v) is 15.6. The Kier molecular flexibility index (Phi) is 6.68. The molecule has 0 bridgehead atoms. The normalized spacial score (nSPS) is 16.6. The van der Waals surface area contributed by atoms with Crippen molar-refractivity contribution in [1.82, 2.24) is 9.88 Å². The molecule has 0 radical (unpaired) electrons. The maximum Gasteiger partial charge on any atom is 0.410 e. The Bertz CT molecular complexity index is 508. The van der Waals surface area contributed by atoms with Gasteiger partial charge in [0, 0.05) is 25.9 Å². The van der Waals surface area contributed by atoms with Crippen molar-refractivity contribution >= 4 is 29.0 Å². The van der Waals surface area contributed by atoms with Crippen LogP contribution in [0.5, 0.6) is 0 Å². The quantitative estimate of drug-likeness (QED) is 0.732.